The molecule has 0 fully saturated rings. The highest BCUT2D eigenvalue weighted by Crippen LogP contribution is 2.49. The number of nitrogens with one attached hydrogen (secondary N) is 5. The molecule has 2 aromatic carbocycles. The van der Waals surface area contributed by atoms with Crippen molar-refractivity contribution in [3.8, 4) is 0 Å². The van der Waals surface area contributed by atoms with Crippen LogP contribution in [0, 0.1) is 11.8 Å². The number of hydrogen-bond donors (Lipinski definition) is 7. The smallest absolute Gasteiger partial charge is 0.407 e. The Morgan fingerprint density at radius 1 is 0.923 bits per heavy atom. The minimum absolute atomic E-state index is 0.0234. The van der Waals surface area contributed by atoms with Gasteiger partial charge in [-0.25, -0.2) is 22.7 Å². The topological polar surface area (TPSA) is 233 Å². The van der Waals surface area contributed by atoms with Crippen LogP contribution in [-0.2, 0) is 46.7 Å². The van der Waals surface area contributed by atoms with Crippen LogP contribution in [0.4, 0.5) is 4.79 Å². The van der Waals surface area contributed by atoms with E-state index >= 15 is 0 Å². The standard InChI is InChI=1S/C35H50N5O10PS/c1-23(2)18-31(39-33(42)29(40-52(4,48)49)16-10-11-17-36-35(45)50-21-25-12-6-5-7-13-25)51(46,47)22-24(3)32(41)38-30(34(43)44)19-26-20-37-28-15-9-8-14-27(26)28/h5-9,12-15,20,23-24,29-31,37,40H,10-11,16-19,21-22H2,1-4H3,(H,36,45)(H,38,41)(H,39,42)(H,43,44)(H,46,47)/t24?,29-,30-,31?/m0/s1. The lowest BCUT2D eigenvalue weighted by Gasteiger charge is -2.29. The van der Waals surface area contributed by atoms with Gasteiger partial charge in [0.1, 0.15) is 24.5 Å². The van der Waals surface area contributed by atoms with E-state index in [1.165, 1.54) is 6.92 Å². The molecule has 7 N–H and O–H groups in total. The number of para-hydroxylation sites is 1. The molecule has 15 nitrogen and oxygen atoms in total. The summed E-state index contributed by atoms with van der Waals surface area (Å²) in [6.45, 7) is 5.25. The van der Waals surface area contributed by atoms with E-state index in [0.29, 0.717) is 18.4 Å². The van der Waals surface area contributed by atoms with Crippen LogP contribution in [0.3, 0.4) is 0 Å². The second kappa shape index (κ2) is 19.6. The van der Waals surface area contributed by atoms with E-state index in [-0.39, 0.29) is 38.3 Å². The summed E-state index contributed by atoms with van der Waals surface area (Å²) in [6, 6.07) is 13.9. The Hall–Kier alpha value is -4.24. The molecule has 3 rings (SSSR count). The van der Waals surface area contributed by atoms with Crippen molar-refractivity contribution >= 4 is 52.2 Å². The zero-order valence-corrected chi connectivity index (χ0v) is 31.5. The highest BCUT2D eigenvalue weighted by Gasteiger charge is 2.38. The quantitative estimate of drug-likeness (QED) is 0.0614. The second-order valence-electron chi connectivity index (χ2n) is 13.4. The molecule has 17 heteroatoms. The Bertz CT molecular complexity index is 1820. The Labute approximate surface area is 304 Å². The number of rotatable bonds is 21. The zero-order chi connectivity index (χ0) is 38.5. The zero-order valence-electron chi connectivity index (χ0n) is 29.8. The largest absolute Gasteiger partial charge is 0.480 e. The first kappa shape index (κ1) is 42.2. The average molecular weight is 764 g/mol. The Kier molecular flexibility index (Phi) is 15.9. The SMILES string of the molecule is CC(C)CC(NC(=O)[C@H](CCCCNC(=O)OCc1ccccc1)NS(C)(=O)=O)P(=O)(O)CC(C)C(=O)N[C@@H](Cc1c[nH]c2ccccc12)C(=O)O. The monoisotopic (exact) mass is 763 g/mol. The second-order valence-corrected chi connectivity index (χ2v) is 17.7. The summed E-state index contributed by atoms with van der Waals surface area (Å²) in [4.78, 5) is 65.0. The number of ether oxygens (including phenoxy) is 1. The average Bonchev–Trinajstić information content (AvgIpc) is 3.48. The molecule has 1 heterocycles. The third-order valence-corrected chi connectivity index (χ3v) is 11.4. The molecular formula is C35H50N5O10PS. The predicted molar refractivity (Wildman–Crippen MR) is 197 cm³/mol. The van der Waals surface area contributed by atoms with E-state index in [0.717, 1.165) is 22.7 Å². The number of alkyl carbamates (subject to hydrolysis) is 1. The van der Waals surface area contributed by atoms with Crippen LogP contribution in [-0.4, -0.2) is 84.1 Å². The van der Waals surface area contributed by atoms with Gasteiger partial charge < -0.3 is 35.7 Å². The molecule has 3 unspecified atom stereocenters. The van der Waals surface area contributed by atoms with Crippen molar-refractivity contribution < 1.29 is 46.9 Å². The van der Waals surface area contributed by atoms with Crippen molar-refractivity contribution in [1.29, 1.82) is 0 Å². The van der Waals surface area contributed by atoms with Gasteiger partial charge in [-0.15, -0.1) is 0 Å². The molecule has 0 bridgehead atoms. The van der Waals surface area contributed by atoms with Crippen molar-refractivity contribution in [2.45, 2.75) is 77.3 Å². The number of aliphatic carboxylic acids is 1. The Morgan fingerprint density at radius 3 is 2.25 bits per heavy atom. The van der Waals surface area contributed by atoms with Gasteiger partial charge in [0, 0.05) is 42.1 Å². The number of benzene rings is 2. The van der Waals surface area contributed by atoms with Gasteiger partial charge in [-0.2, -0.15) is 0 Å². The Balaban J connectivity index is 1.59. The molecule has 52 heavy (non-hydrogen) atoms. The van der Waals surface area contributed by atoms with Crippen molar-refractivity contribution in [2.24, 2.45) is 11.8 Å². The number of carboxylic acids is 1. The minimum Gasteiger partial charge on any atom is -0.480 e. The van der Waals surface area contributed by atoms with Gasteiger partial charge in [0.05, 0.1) is 6.26 Å². The fourth-order valence-electron chi connectivity index (χ4n) is 5.61. The van der Waals surface area contributed by atoms with Crippen LogP contribution in [0.15, 0.2) is 60.8 Å². The van der Waals surface area contributed by atoms with Crippen molar-refractivity contribution in [2.75, 3.05) is 19.0 Å². The number of hydrogen-bond acceptors (Lipinski definition) is 8. The normalized spacial score (nSPS) is 15.2. The van der Waals surface area contributed by atoms with Crippen LogP contribution in [0.5, 0.6) is 0 Å². The molecule has 1 aromatic heterocycles. The number of H-pyrrole nitrogens is 1. The summed E-state index contributed by atoms with van der Waals surface area (Å²) in [7, 11) is -8.20. The van der Waals surface area contributed by atoms with E-state index in [1.54, 1.807) is 20.0 Å². The van der Waals surface area contributed by atoms with Gasteiger partial charge >= 0.3 is 12.1 Å². The maximum Gasteiger partial charge on any atom is 0.407 e. The number of unbranched alkanes of at least 4 members (excludes halogenated alkanes) is 1. The molecule has 5 atom stereocenters. The fraction of sp³-hybridized carbons (Fsp3) is 0.486. The third kappa shape index (κ3) is 14.1. The number of carbonyl (C=O) groups excluding carboxylic acids is 3. The van der Waals surface area contributed by atoms with Crippen LogP contribution in [0.2, 0.25) is 0 Å². The van der Waals surface area contributed by atoms with Gasteiger partial charge in [0.15, 0.2) is 0 Å². The molecule has 3 aromatic rings. The molecular weight excluding hydrogens is 713 g/mol. The molecule has 0 radical (unpaired) electrons. The highest BCUT2D eigenvalue weighted by molar-refractivity contribution is 7.88. The summed E-state index contributed by atoms with van der Waals surface area (Å²) >= 11 is 0. The first-order valence-corrected chi connectivity index (χ1v) is 20.9. The Morgan fingerprint density at radius 2 is 1.60 bits per heavy atom. The van der Waals surface area contributed by atoms with Crippen molar-refractivity contribution in [3.05, 3.63) is 71.9 Å². The number of carbonyl (C=O) groups is 4. The van der Waals surface area contributed by atoms with E-state index in [2.05, 4.69) is 25.7 Å². The van der Waals surface area contributed by atoms with Crippen molar-refractivity contribution in [1.82, 2.24) is 25.7 Å². The fourth-order valence-corrected chi connectivity index (χ4v) is 8.64. The van der Waals surface area contributed by atoms with Gasteiger partial charge in [0.25, 0.3) is 0 Å². The summed E-state index contributed by atoms with van der Waals surface area (Å²) in [6.07, 6.45) is 2.11. The number of aromatic amines is 1. The molecule has 0 spiro atoms. The van der Waals surface area contributed by atoms with Crippen LogP contribution >= 0.6 is 7.37 Å². The first-order valence-electron chi connectivity index (χ1n) is 17.1. The number of fused-ring (bicyclic) bond motifs is 1. The van der Waals surface area contributed by atoms with Gasteiger partial charge in [-0.1, -0.05) is 69.3 Å². The molecule has 0 saturated carbocycles. The first-order chi connectivity index (χ1) is 24.4. The molecule has 0 saturated heterocycles. The lowest BCUT2D eigenvalue weighted by molar-refractivity contribution is -0.142. The third-order valence-electron chi connectivity index (χ3n) is 8.26. The van der Waals surface area contributed by atoms with Crippen LogP contribution in [0.1, 0.15) is 57.6 Å². The lowest BCUT2D eigenvalue weighted by Crippen LogP contribution is -2.50. The number of amides is 3. The number of aromatic nitrogens is 1. The van der Waals surface area contributed by atoms with E-state index in [1.807, 2.05) is 54.6 Å². The summed E-state index contributed by atoms with van der Waals surface area (Å²) < 4.78 is 45.5. The van der Waals surface area contributed by atoms with Crippen molar-refractivity contribution in [3.63, 3.8) is 0 Å². The van der Waals surface area contributed by atoms with E-state index < -0.39 is 71.2 Å². The molecule has 3 amide bonds. The lowest BCUT2D eigenvalue weighted by atomic mass is 10.0. The summed E-state index contributed by atoms with van der Waals surface area (Å²) in [5, 5.41) is 18.3. The van der Waals surface area contributed by atoms with Gasteiger partial charge in [0.2, 0.25) is 29.2 Å². The maximum absolute atomic E-state index is 13.8. The predicted octanol–water partition coefficient (Wildman–Crippen LogP) is 3.69. The van der Waals surface area contributed by atoms with E-state index in [9.17, 15) is 42.2 Å². The summed E-state index contributed by atoms with van der Waals surface area (Å²) in [5.74, 6) is -5.43. The minimum atomic E-state index is -4.33. The molecule has 286 valence electrons. The maximum atomic E-state index is 13.8. The van der Waals surface area contributed by atoms with Gasteiger partial charge in [-0.3, -0.25) is 14.2 Å². The highest BCUT2D eigenvalue weighted by atomic mass is 32.2. The molecule has 0 aliphatic rings. The number of sulfonamides is 1. The summed E-state index contributed by atoms with van der Waals surface area (Å²) in [5.41, 5.74) is 2.31. The van der Waals surface area contributed by atoms with E-state index in [4.69, 9.17) is 4.74 Å². The molecule has 0 aliphatic carbocycles. The van der Waals surface area contributed by atoms with Crippen LogP contribution < -0.4 is 20.7 Å². The van der Waals surface area contributed by atoms with Crippen LogP contribution in [0.25, 0.3) is 10.9 Å². The number of carboxylic acid groups (broad SMARTS) is 1. The molecule has 0 aliphatic heterocycles. The van der Waals surface area contributed by atoms with Gasteiger partial charge in [-0.05, 0) is 48.8 Å².